The molecule has 10 nitrogen and oxygen atoms in total. The third-order valence-electron chi connectivity index (χ3n) is 8.56. The van der Waals surface area contributed by atoms with E-state index in [1.165, 1.54) is 64.2 Å². The van der Waals surface area contributed by atoms with Crippen LogP contribution in [0, 0.1) is 0 Å². The van der Waals surface area contributed by atoms with Gasteiger partial charge in [0.15, 0.2) is 6.10 Å². The molecule has 0 aromatic carbocycles. The number of esters is 2. The Bertz CT molecular complexity index is 1280. The smallest absolute Gasteiger partial charge is 0.462 e. The van der Waals surface area contributed by atoms with Crippen molar-refractivity contribution in [2.75, 3.05) is 26.4 Å². The molecule has 0 aromatic rings. The molecular formula is C47H78NO9P. The van der Waals surface area contributed by atoms with Crippen LogP contribution in [0.2, 0.25) is 0 Å². The molecular weight excluding hydrogens is 753 g/mol. The first kappa shape index (κ1) is 54.9. The summed E-state index contributed by atoms with van der Waals surface area (Å²) in [6.45, 7) is 3.36. The zero-order valence-electron chi connectivity index (χ0n) is 35.8. The number of rotatable bonds is 39. The van der Waals surface area contributed by atoms with Crippen LogP contribution in [0.3, 0.4) is 0 Å². The highest BCUT2D eigenvalue weighted by Gasteiger charge is 2.26. The van der Waals surface area contributed by atoms with Crippen molar-refractivity contribution in [1.29, 1.82) is 0 Å². The van der Waals surface area contributed by atoms with Gasteiger partial charge in [-0.25, -0.2) is 4.57 Å². The predicted octanol–water partition coefficient (Wildman–Crippen LogP) is 11.6. The second-order valence-electron chi connectivity index (χ2n) is 14.1. The molecule has 0 saturated heterocycles. The minimum atomic E-state index is -4.45. The summed E-state index contributed by atoms with van der Waals surface area (Å²) in [7, 11) is -4.45. The van der Waals surface area contributed by atoms with Crippen molar-refractivity contribution in [3.8, 4) is 0 Å². The zero-order valence-corrected chi connectivity index (χ0v) is 36.7. The number of allylic oxidation sites excluding steroid dienone is 15. The summed E-state index contributed by atoms with van der Waals surface area (Å²) < 4.78 is 32.5. The number of ether oxygens (including phenoxy) is 2. The molecule has 0 bridgehead atoms. The van der Waals surface area contributed by atoms with Gasteiger partial charge in [0.1, 0.15) is 6.61 Å². The SMILES string of the molecule is CCCCC/C=C\C/C=C\C/C=C\C/C=C\C/C=C\CCC(=O)OC[C@H](COP(=O)(O)OCCN)OC(=O)CCCC(O)/C=C/C=C/C/C=C/CCCCCCCC. The summed E-state index contributed by atoms with van der Waals surface area (Å²) in [5, 5.41) is 10.3. The van der Waals surface area contributed by atoms with Crippen LogP contribution in [-0.4, -0.2) is 60.5 Å². The van der Waals surface area contributed by atoms with Crippen molar-refractivity contribution in [3.63, 3.8) is 0 Å². The van der Waals surface area contributed by atoms with Crippen LogP contribution in [0.15, 0.2) is 97.2 Å². The fraction of sp³-hybridized carbons (Fsp3) is 0.617. The maximum absolute atomic E-state index is 12.6. The molecule has 0 aromatic heterocycles. The molecule has 0 aliphatic rings. The molecule has 0 saturated carbocycles. The van der Waals surface area contributed by atoms with Crippen molar-refractivity contribution in [2.45, 2.75) is 161 Å². The van der Waals surface area contributed by atoms with Gasteiger partial charge in [0.05, 0.1) is 19.3 Å². The van der Waals surface area contributed by atoms with Crippen LogP contribution >= 0.6 is 7.82 Å². The van der Waals surface area contributed by atoms with Crippen LogP contribution in [-0.2, 0) is 32.7 Å². The Morgan fingerprint density at radius 2 is 1.12 bits per heavy atom. The lowest BCUT2D eigenvalue weighted by molar-refractivity contribution is -0.161. The van der Waals surface area contributed by atoms with E-state index in [0.29, 0.717) is 19.3 Å². The van der Waals surface area contributed by atoms with E-state index in [-0.39, 0.29) is 32.6 Å². The highest BCUT2D eigenvalue weighted by molar-refractivity contribution is 7.47. The first-order valence-electron chi connectivity index (χ1n) is 21.8. The van der Waals surface area contributed by atoms with E-state index in [4.69, 9.17) is 24.3 Å². The fourth-order valence-electron chi connectivity index (χ4n) is 5.27. The first-order valence-corrected chi connectivity index (χ1v) is 23.3. The van der Waals surface area contributed by atoms with Gasteiger partial charge in [-0.05, 0) is 77.0 Å². The predicted molar refractivity (Wildman–Crippen MR) is 239 cm³/mol. The van der Waals surface area contributed by atoms with Crippen LogP contribution in [0.25, 0.3) is 0 Å². The lowest BCUT2D eigenvalue weighted by Crippen LogP contribution is -2.29. The van der Waals surface area contributed by atoms with Crippen LogP contribution in [0.4, 0.5) is 0 Å². The van der Waals surface area contributed by atoms with Crippen LogP contribution in [0.1, 0.15) is 149 Å². The van der Waals surface area contributed by atoms with Gasteiger partial charge in [-0.1, -0.05) is 156 Å². The number of carbonyl (C=O) groups is 2. The highest BCUT2D eigenvalue weighted by atomic mass is 31.2. The second kappa shape index (κ2) is 42.0. The molecule has 0 rings (SSSR count). The normalized spacial score (nSPS) is 14.8. The molecule has 0 fully saturated rings. The Labute approximate surface area is 351 Å². The summed E-state index contributed by atoms with van der Waals surface area (Å²) in [4.78, 5) is 34.8. The summed E-state index contributed by atoms with van der Waals surface area (Å²) >= 11 is 0. The number of hydrogen-bond donors (Lipinski definition) is 3. The first-order chi connectivity index (χ1) is 28.2. The van der Waals surface area contributed by atoms with E-state index in [9.17, 15) is 24.2 Å². The molecule has 0 heterocycles. The topological polar surface area (TPSA) is 155 Å². The molecule has 0 amide bonds. The average Bonchev–Trinajstić information content (AvgIpc) is 3.20. The number of unbranched alkanes of at least 4 members (excludes halogenated alkanes) is 9. The Balaban J connectivity index is 4.48. The Morgan fingerprint density at radius 1 is 0.603 bits per heavy atom. The molecule has 2 unspecified atom stereocenters. The number of aliphatic hydroxyl groups excluding tert-OH is 1. The molecule has 58 heavy (non-hydrogen) atoms. The third-order valence-corrected chi connectivity index (χ3v) is 9.54. The summed E-state index contributed by atoms with van der Waals surface area (Å²) in [5.41, 5.74) is 5.33. The lowest BCUT2D eigenvalue weighted by Gasteiger charge is -2.20. The molecule has 330 valence electrons. The van der Waals surface area contributed by atoms with Gasteiger partial charge < -0.3 is 25.2 Å². The van der Waals surface area contributed by atoms with Crippen molar-refractivity contribution < 1.29 is 42.7 Å². The number of hydrogen-bond acceptors (Lipinski definition) is 9. The van der Waals surface area contributed by atoms with E-state index in [1.807, 2.05) is 24.3 Å². The number of nitrogens with two attached hydrogens (primary N) is 1. The number of carbonyl (C=O) groups excluding carboxylic acids is 2. The van der Waals surface area contributed by atoms with Crippen molar-refractivity contribution in [3.05, 3.63) is 97.2 Å². The van der Waals surface area contributed by atoms with Crippen molar-refractivity contribution in [2.24, 2.45) is 5.73 Å². The van der Waals surface area contributed by atoms with Gasteiger partial charge in [-0.3, -0.25) is 18.6 Å². The molecule has 0 aliphatic carbocycles. The Hall–Kier alpha value is -3.11. The van der Waals surface area contributed by atoms with Crippen molar-refractivity contribution in [1.82, 2.24) is 0 Å². The minimum absolute atomic E-state index is 0.00989. The van der Waals surface area contributed by atoms with Gasteiger partial charge in [-0.15, -0.1) is 0 Å². The standard InChI is InChI=1S/C47H78NO9P/c1-3-5-7-9-11-13-15-17-18-19-20-21-22-24-26-28-30-32-34-38-46(50)54-42-45(43-56-58(52,53)55-41-40-48)57-47(51)39-35-37-44(49)36-33-31-29-27-25-23-16-14-12-10-8-6-4-2/h11,13,17-18,20-21,23-26,29-33,36,44-45,49H,3-10,12,14-16,19,22,27-28,34-35,37-43,48H2,1-2H3,(H,52,53)/b13-11-,18-17-,21-20-,25-23+,26-24-,31-29+,32-30-,36-33+/t44?,45-/m1/s1. The largest absolute Gasteiger partial charge is 0.472 e. The molecule has 3 atom stereocenters. The Kier molecular flexibility index (Phi) is 39.8. The summed E-state index contributed by atoms with van der Waals surface area (Å²) in [6.07, 6.45) is 50.5. The third kappa shape index (κ3) is 41.1. The van der Waals surface area contributed by atoms with Gasteiger partial charge in [-0.2, -0.15) is 0 Å². The van der Waals surface area contributed by atoms with Gasteiger partial charge in [0, 0.05) is 19.4 Å². The molecule has 0 spiro atoms. The van der Waals surface area contributed by atoms with Crippen LogP contribution in [0.5, 0.6) is 0 Å². The second-order valence-corrected chi connectivity index (χ2v) is 15.5. The quantitative estimate of drug-likeness (QED) is 0.0179. The summed E-state index contributed by atoms with van der Waals surface area (Å²) in [5.74, 6) is -1.13. The van der Waals surface area contributed by atoms with Gasteiger partial charge >= 0.3 is 19.8 Å². The zero-order chi connectivity index (χ0) is 42.6. The molecule has 0 radical (unpaired) electrons. The number of phosphoric acid groups is 1. The van der Waals surface area contributed by atoms with E-state index in [1.54, 1.807) is 12.2 Å². The number of aliphatic hydroxyl groups is 1. The molecule has 0 aliphatic heterocycles. The number of phosphoric ester groups is 1. The average molecular weight is 832 g/mol. The van der Waals surface area contributed by atoms with Crippen LogP contribution < -0.4 is 5.73 Å². The lowest BCUT2D eigenvalue weighted by atomic mass is 10.1. The monoisotopic (exact) mass is 832 g/mol. The minimum Gasteiger partial charge on any atom is -0.462 e. The molecule has 11 heteroatoms. The maximum Gasteiger partial charge on any atom is 0.472 e. The van der Waals surface area contributed by atoms with E-state index in [2.05, 4.69) is 74.6 Å². The van der Waals surface area contributed by atoms with E-state index in [0.717, 1.165) is 38.5 Å². The molecule has 4 N–H and O–H groups in total. The summed E-state index contributed by atoms with van der Waals surface area (Å²) in [6, 6.07) is 0. The van der Waals surface area contributed by atoms with Crippen molar-refractivity contribution >= 4 is 19.8 Å². The Morgan fingerprint density at radius 3 is 1.72 bits per heavy atom. The van der Waals surface area contributed by atoms with Gasteiger partial charge in [0.2, 0.25) is 0 Å². The van der Waals surface area contributed by atoms with E-state index < -0.39 is 38.6 Å². The fourth-order valence-corrected chi connectivity index (χ4v) is 6.04. The highest BCUT2D eigenvalue weighted by Crippen LogP contribution is 2.43. The van der Waals surface area contributed by atoms with E-state index >= 15 is 0 Å². The van der Waals surface area contributed by atoms with Gasteiger partial charge in [0.25, 0.3) is 0 Å². The maximum atomic E-state index is 12.6.